The first-order chi connectivity index (χ1) is 9.21. The molecule has 0 spiro atoms. The Hall–Kier alpha value is -1.39. The minimum atomic E-state index is -0.0909. The maximum absolute atomic E-state index is 9.43. The van der Waals surface area contributed by atoms with E-state index in [1.807, 2.05) is 24.3 Å². The Morgan fingerprint density at radius 2 is 2.05 bits per heavy atom. The highest BCUT2D eigenvalue weighted by Crippen LogP contribution is 2.28. The van der Waals surface area contributed by atoms with Crippen LogP contribution in [0.3, 0.4) is 0 Å². The Morgan fingerprint density at radius 1 is 1.32 bits per heavy atom. The van der Waals surface area contributed by atoms with E-state index >= 15 is 0 Å². The van der Waals surface area contributed by atoms with Crippen LogP contribution in [0.2, 0.25) is 5.02 Å². The molecule has 0 saturated heterocycles. The Labute approximate surface area is 118 Å². The third-order valence-electron chi connectivity index (χ3n) is 3.35. The van der Waals surface area contributed by atoms with Crippen molar-refractivity contribution in [1.82, 2.24) is 15.0 Å². The summed E-state index contributed by atoms with van der Waals surface area (Å²) in [6.07, 6.45) is 1.97. The molecule has 1 aromatic carbocycles. The lowest BCUT2D eigenvalue weighted by Crippen LogP contribution is -2.09. The molecule has 2 aromatic rings. The molecule has 102 valence electrons. The number of halogens is 1. The lowest BCUT2D eigenvalue weighted by atomic mass is 9.97. The van der Waals surface area contributed by atoms with Crippen LogP contribution in [0.5, 0.6) is 0 Å². The van der Waals surface area contributed by atoms with Crippen molar-refractivity contribution in [1.29, 1.82) is 0 Å². The third-order valence-corrected chi connectivity index (χ3v) is 3.59. The van der Waals surface area contributed by atoms with Gasteiger partial charge in [-0.3, -0.25) is 0 Å². The number of nitrogens with zero attached hydrogens (tertiary/aromatic N) is 3. The molecule has 0 unspecified atom stereocenters. The molecule has 0 aliphatic carbocycles. The van der Waals surface area contributed by atoms with Gasteiger partial charge in [0.1, 0.15) is 5.69 Å². The number of aliphatic hydroxyl groups is 1. The van der Waals surface area contributed by atoms with Crippen molar-refractivity contribution in [3.63, 3.8) is 0 Å². The summed E-state index contributed by atoms with van der Waals surface area (Å²) in [4.78, 5) is 0. The quantitative estimate of drug-likeness (QED) is 0.913. The molecular formula is C14H18ClN3O. The van der Waals surface area contributed by atoms with Gasteiger partial charge in [-0.2, -0.15) is 0 Å². The lowest BCUT2D eigenvalue weighted by molar-refractivity contribution is 0.274. The SMILES string of the molecule is CCC(CC)c1c(CO)nnn1-c1cccc(Cl)c1. The number of benzene rings is 1. The molecule has 0 amide bonds. The summed E-state index contributed by atoms with van der Waals surface area (Å²) in [5, 5.41) is 18.3. The van der Waals surface area contributed by atoms with E-state index in [0.717, 1.165) is 24.2 Å². The zero-order valence-corrected chi connectivity index (χ0v) is 11.9. The predicted octanol–water partition coefficient (Wildman–Crippen LogP) is 3.32. The molecule has 5 heteroatoms. The lowest BCUT2D eigenvalue weighted by Gasteiger charge is -2.15. The van der Waals surface area contributed by atoms with Gasteiger partial charge in [0, 0.05) is 10.9 Å². The van der Waals surface area contributed by atoms with Crippen LogP contribution in [0.4, 0.5) is 0 Å². The zero-order valence-electron chi connectivity index (χ0n) is 11.2. The first-order valence-electron chi connectivity index (χ1n) is 6.52. The number of rotatable bonds is 5. The summed E-state index contributed by atoms with van der Waals surface area (Å²) in [5.74, 6) is 0.330. The second kappa shape index (κ2) is 6.17. The summed E-state index contributed by atoms with van der Waals surface area (Å²) >= 11 is 6.02. The van der Waals surface area contributed by atoms with E-state index in [0.29, 0.717) is 16.6 Å². The van der Waals surface area contributed by atoms with Crippen molar-refractivity contribution in [3.05, 3.63) is 40.7 Å². The van der Waals surface area contributed by atoms with Gasteiger partial charge in [0.25, 0.3) is 0 Å². The normalized spacial score (nSPS) is 11.2. The average molecular weight is 280 g/mol. The first-order valence-corrected chi connectivity index (χ1v) is 6.90. The van der Waals surface area contributed by atoms with Gasteiger partial charge in [-0.15, -0.1) is 5.10 Å². The highest BCUT2D eigenvalue weighted by atomic mass is 35.5. The van der Waals surface area contributed by atoms with Crippen molar-refractivity contribution < 1.29 is 5.11 Å². The fraction of sp³-hybridized carbons (Fsp3) is 0.429. The van der Waals surface area contributed by atoms with E-state index in [2.05, 4.69) is 24.2 Å². The van der Waals surface area contributed by atoms with Gasteiger partial charge in [0.2, 0.25) is 0 Å². The molecule has 0 fully saturated rings. The maximum atomic E-state index is 9.43. The Morgan fingerprint density at radius 3 is 2.63 bits per heavy atom. The van der Waals surface area contributed by atoms with E-state index in [9.17, 15) is 5.11 Å². The molecule has 1 aromatic heterocycles. The van der Waals surface area contributed by atoms with Crippen LogP contribution in [0.15, 0.2) is 24.3 Å². The summed E-state index contributed by atoms with van der Waals surface area (Å²) in [7, 11) is 0. The van der Waals surface area contributed by atoms with Crippen molar-refractivity contribution >= 4 is 11.6 Å². The van der Waals surface area contributed by atoms with Gasteiger partial charge < -0.3 is 5.11 Å². The molecule has 0 saturated carbocycles. The van der Waals surface area contributed by atoms with Crippen LogP contribution in [-0.4, -0.2) is 20.1 Å². The molecule has 0 radical (unpaired) electrons. The number of aliphatic hydroxyl groups excluding tert-OH is 1. The van der Waals surface area contributed by atoms with Crippen molar-refractivity contribution in [2.24, 2.45) is 0 Å². The van der Waals surface area contributed by atoms with Gasteiger partial charge in [0.15, 0.2) is 0 Å². The standard InChI is InChI=1S/C14H18ClN3O/c1-3-10(4-2)14-13(9-19)16-17-18(14)12-7-5-6-11(15)8-12/h5-8,10,19H,3-4,9H2,1-2H3. The fourth-order valence-electron chi connectivity index (χ4n) is 2.32. The smallest absolute Gasteiger partial charge is 0.112 e. The Balaban J connectivity index is 2.54. The molecule has 0 aliphatic heterocycles. The first kappa shape index (κ1) is 14.0. The van der Waals surface area contributed by atoms with E-state index in [-0.39, 0.29) is 6.61 Å². The number of hydrogen-bond donors (Lipinski definition) is 1. The van der Waals surface area contributed by atoms with Crippen LogP contribution >= 0.6 is 11.6 Å². The van der Waals surface area contributed by atoms with E-state index in [1.165, 1.54) is 0 Å². The van der Waals surface area contributed by atoms with Crippen molar-refractivity contribution in [2.45, 2.75) is 39.2 Å². The molecule has 1 heterocycles. The minimum Gasteiger partial charge on any atom is -0.390 e. The third kappa shape index (κ3) is 2.80. The molecule has 0 atom stereocenters. The molecule has 1 N–H and O–H groups in total. The maximum Gasteiger partial charge on any atom is 0.112 e. The summed E-state index contributed by atoms with van der Waals surface area (Å²) in [6, 6.07) is 7.50. The highest BCUT2D eigenvalue weighted by Gasteiger charge is 2.20. The highest BCUT2D eigenvalue weighted by molar-refractivity contribution is 6.30. The molecule has 19 heavy (non-hydrogen) atoms. The van der Waals surface area contributed by atoms with Gasteiger partial charge >= 0.3 is 0 Å². The average Bonchev–Trinajstić information content (AvgIpc) is 2.84. The molecule has 2 rings (SSSR count). The van der Waals surface area contributed by atoms with Gasteiger partial charge in [0.05, 0.1) is 18.0 Å². The second-order valence-electron chi connectivity index (χ2n) is 4.48. The topological polar surface area (TPSA) is 50.9 Å². The van der Waals surface area contributed by atoms with Gasteiger partial charge in [-0.05, 0) is 31.0 Å². The monoisotopic (exact) mass is 279 g/mol. The van der Waals surface area contributed by atoms with Crippen LogP contribution < -0.4 is 0 Å². The molecule has 4 nitrogen and oxygen atoms in total. The fourth-order valence-corrected chi connectivity index (χ4v) is 2.50. The molecule has 0 bridgehead atoms. The predicted molar refractivity (Wildman–Crippen MR) is 75.6 cm³/mol. The van der Waals surface area contributed by atoms with Crippen LogP contribution in [0, 0.1) is 0 Å². The van der Waals surface area contributed by atoms with Crippen molar-refractivity contribution in [3.8, 4) is 5.69 Å². The zero-order chi connectivity index (χ0) is 13.8. The van der Waals surface area contributed by atoms with E-state index in [1.54, 1.807) is 4.68 Å². The van der Waals surface area contributed by atoms with E-state index in [4.69, 9.17) is 11.6 Å². The number of aromatic nitrogens is 3. The second-order valence-corrected chi connectivity index (χ2v) is 4.92. The summed E-state index contributed by atoms with van der Waals surface area (Å²) in [5.41, 5.74) is 2.50. The molecular weight excluding hydrogens is 262 g/mol. The van der Waals surface area contributed by atoms with Crippen LogP contribution in [-0.2, 0) is 6.61 Å². The Bertz CT molecular complexity index is 549. The van der Waals surface area contributed by atoms with Crippen LogP contribution in [0.25, 0.3) is 5.69 Å². The van der Waals surface area contributed by atoms with Gasteiger partial charge in [-0.25, -0.2) is 4.68 Å². The van der Waals surface area contributed by atoms with Crippen molar-refractivity contribution in [2.75, 3.05) is 0 Å². The number of hydrogen-bond acceptors (Lipinski definition) is 3. The minimum absolute atomic E-state index is 0.0909. The van der Waals surface area contributed by atoms with Gasteiger partial charge in [-0.1, -0.05) is 36.7 Å². The van der Waals surface area contributed by atoms with Crippen LogP contribution in [0.1, 0.15) is 44.0 Å². The molecule has 0 aliphatic rings. The summed E-state index contributed by atoms with van der Waals surface area (Å²) < 4.78 is 1.79. The Kier molecular flexibility index (Phi) is 4.56. The largest absolute Gasteiger partial charge is 0.390 e. The summed E-state index contributed by atoms with van der Waals surface area (Å²) in [6.45, 7) is 4.17. The van der Waals surface area contributed by atoms with E-state index < -0.39 is 0 Å².